The van der Waals surface area contributed by atoms with Crippen LogP contribution in [0.4, 0.5) is 10.7 Å². The zero-order valence-corrected chi connectivity index (χ0v) is 16.1. The third-order valence-corrected chi connectivity index (χ3v) is 5.76. The molecule has 0 fully saturated rings. The lowest BCUT2D eigenvalue weighted by atomic mass is 10.1. The number of carbonyl (C=O) groups excluding carboxylic acids is 2. The van der Waals surface area contributed by atoms with Crippen LogP contribution in [-0.2, 0) is 12.8 Å². The number of amides is 2. The molecular formula is C16H13ClN4O4S2. The van der Waals surface area contributed by atoms with Crippen molar-refractivity contribution in [1.82, 2.24) is 5.32 Å². The molecule has 0 unspecified atom stereocenters. The molecule has 0 saturated carbocycles. The quantitative estimate of drug-likeness (QED) is 0.393. The van der Waals surface area contributed by atoms with Gasteiger partial charge in [0.2, 0.25) is 0 Å². The molecule has 27 heavy (non-hydrogen) atoms. The van der Waals surface area contributed by atoms with Crippen molar-refractivity contribution in [2.45, 2.75) is 19.3 Å². The van der Waals surface area contributed by atoms with E-state index in [1.807, 2.05) is 0 Å². The van der Waals surface area contributed by atoms with E-state index in [1.165, 1.54) is 23.5 Å². The minimum Gasteiger partial charge on any atom is -0.365 e. The summed E-state index contributed by atoms with van der Waals surface area (Å²) in [7, 11) is 0. The number of nitrogens with two attached hydrogens (primary N) is 1. The van der Waals surface area contributed by atoms with Gasteiger partial charge in [0.05, 0.1) is 10.5 Å². The first kappa shape index (κ1) is 19.2. The Hall–Kier alpha value is -2.56. The van der Waals surface area contributed by atoms with Crippen molar-refractivity contribution in [3.63, 3.8) is 0 Å². The van der Waals surface area contributed by atoms with Crippen LogP contribution in [0, 0.1) is 10.1 Å². The zero-order valence-electron chi connectivity index (χ0n) is 13.7. The number of thiophene rings is 1. The summed E-state index contributed by atoms with van der Waals surface area (Å²) < 4.78 is 0. The van der Waals surface area contributed by atoms with Gasteiger partial charge < -0.3 is 11.1 Å². The van der Waals surface area contributed by atoms with Crippen LogP contribution in [0.25, 0.3) is 0 Å². The number of hydrogen-bond donors (Lipinski definition) is 3. The van der Waals surface area contributed by atoms with E-state index >= 15 is 0 Å². The lowest BCUT2D eigenvalue weighted by Gasteiger charge is -2.10. The second kappa shape index (κ2) is 7.59. The van der Waals surface area contributed by atoms with Crippen molar-refractivity contribution in [1.29, 1.82) is 0 Å². The first-order valence-corrected chi connectivity index (χ1v) is 9.38. The molecule has 0 atom stereocenters. The highest BCUT2D eigenvalue weighted by Crippen LogP contribution is 2.38. The number of aryl methyl sites for hydroxylation is 1. The van der Waals surface area contributed by atoms with Crippen molar-refractivity contribution in [3.8, 4) is 0 Å². The van der Waals surface area contributed by atoms with Gasteiger partial charge in [0, 0.05) is 16.5 Å². The molecule has 1 aliphatic rings. The molecule has 0 spiro atoms. The monoisotopic (exact) mass is 424 g/mol. The van der Waals surface area contributed by atoms with E-state index in [-0.39, 0.29) is 21.4 Å². The molecule has 0 radical (unpaired) electrons. The smallest absolute Gasteiger partial charge is 0.288 e. The Bertz CT molecular complexity index is 989. The van der Waals surface area contributed by atoms with Gasteiger partial charge in [-0.15, -0.1) is 11.3 Å². The number of thiocarbonyl (C=S) groups is 1. The highest BCUT2D eigenvalue weighted by molar-refractivity contribution is 7.80. The van der Waals surface area contributed by atoms with Crippen molar-refractivity contribution in [2.75, 3.05) is 5.32 Å². The van der Waals surface area contributed by atoms with Crippen molar-refractivity contribution >= 4 is 62.8 Å². The van der Waals surface area contributed by atoms with Gasteiger partial charge in [0.25, 0.3) is 17.5 Å². The standard InChI is InChI=1S/C16H13ClN4O4S2/c17-9-5-4-7(6-10(9)21(24)25)14(23)19-16(26)20-15-12(13(18)22)8-2-1-3-11(8)27-15/h4-6H,1-3H2,(H2,18,22)(H2,19,20,23,26). The average molecular weight is 425 g/mol. The van der Waals surface area contributed by atoms with Gasteiger partial charge in [0.15, 0.2) is 5.11 Å². The molecule has 11 heteroatoms. The number of fused-ring (bicyclic) bond motifs is 1. The Morgan fingerprint density at radius 2 is 2.07 bits per heavy atom. The minimum atomic E-state index is -0.679. The van der Waals surface area contributed by atoms with Crippen LogP contribution >= 0.6 is 35.2 Å². The number of nitrogens with one attached hydrogen (secondary N) is 2. The van der Waals surface area contributed by atoms with E-state index in [1.54, 1.807) is 0 Å². The van der Waals surface area contributed by atoms with E-state index < -0.39 is 16.7 Å². The van der Waals surface area contributed by atoms with Crippen LogP contribution in [0.2, 0.25) is 5.02 Å². The summed E-state index contributed by atoms with van der Waals surface area (Å²) in [5.74, 6) is -1.20. The van der Waals surface area contributed by atoms with E-state index in [2.05, 4.69) is 10.6 Å². The van der Waals surface area contributed by atoms with E-state index in [0.717, 1.165) is 35.8 Å². The number of nitro groups is 1. The number of nitro benzene ring substituents is 1. The normalized spacial score (nSPS) is 12.3. The maximum Gasteiger partial charge on any atom is 0.288 e. The third-order valence-electron chi connectivity index (χ3n) is 4.03. The molecule has 2 amide bonds. The van der Waals surface area contributed by atoms with Crippen molar-refractivity contribution < 1.29 is 14.5 Å². The molecule has 2 aromatic rings. The van der Waals surface area contributed by atoms with Crippen molar-refractivity contribution in [2.24, 2.45) is 5.73 Å². The van der Waals surface area contributed by atoms with Crippen LogP contribution in [0.3, 0.4) is 0 Å². The SMILES string of the molecule is NC(=O)c1c(NC(=S)NC(=O)c2ccc(Cl)c([N+](=O)[O-])c2)sc2c1CCC2. The Morgan fingerprint density at radius 3 is 2.74 bits per heavy atom. The fourth-order valence-electron chi connectivity index (χ4n) is 2.86. The van der Waals surface area contributed by atoms with Gasteiger partial charge in [-0.2, -0.15) is 0 Å². The van der Waals surface area contributed by atoms with Gasteiger partial charge in [-0.1, -0.05) is 11.6 Å². The molecule has 0 saturated heterocycles. The Balaban J connectivity index is 1.75. The summed E-state index contributed by atoms with van der Waals surface area (Å²) in [6.07, 6.45) is 2.62. The molecule has 1 aromatic carbocycles. The minimum absolute atomic E-state index is 0.0269. The number of rotatable bonds is 4. The maximum absolute atomic E-state index is 12.3. The second-order valence-corrected chi connectivity index (χ2v) is 7.68. The molecule has 0 bridgehead atoms. The van der Waals surface area contributed by atoms with Crippen LogP contribution in [-0.4, -0.2) is 21.9 Å². The Labute approximate surface area is 167 Å². The van der Waals surface area contributed by atoms with Gasteiger partial charge >= 0.3 is 0 Å². The molecule has 1 aromatic heterocycles. The van der Waals surface area contributed by atoms with Crippen LogP contribution in [0.15, 0.2) is 18.2 Å². The molecular weight excluding hydrogens is 412 g/mol. The van der Waals surface area contributed by atoms with E-state index in [4.69, 9.17) is 29.6 Å². The molecule has 1 aliphatic carbocycles. The van der Waals surface area contributed by atoms with Gasteiger partial charge in [0.1, 0.15) is 10.0 Å². The first-order chi connectivity index (χ1) is 12.8. The molecule has 1 heterocycles. The van der Waals surface area contributed by atoms with Gasteiger partial charge in [-0.05, 0) is 49.2 Å². The lowest BCUT2D eigenvalue weighted by molar-refractivity contribution is -0.384. The molecule has 8 nitrogen and oxygen atoms in total. The summed E-state index contributed by atoms with van der Waals surface area (Å²) in [6, 6.07) is 3.68. The number of anilines is 1. The predicted octanol–water partition coefficient (Wildman–Crippen LogP) is 3.02. The number of halogens is 1. The molecule has 3 rings (SSSR count). The van der Waals surface area contributed by atoms with E-state index in [9.17, 15) is 19.7 Å². The summed E-state index contributed by atoms with van der Waals surface area (Å²) in [5.41, 5.74) is 6.45. The van der Waals surface area contributed by atoms with E-state index in [0.29, 0.717) is 10.6 Å². The highest BCUT2D eigenvalue weighted by Gasteiger charge is 2.26. The zero-order chi connectivity index (χ0) is 19.7. The molecule has 0 aliphatic heterocycles. The number of hydrogen-bond acceptors (Lipinski definition) is 6. The second-order valence-electron chi connectivity index (χ2n) is 5.76. The summed E-state index contributed by atoms with van der Waals surface area (Å²) in [5, 5.41) is 16.6. The van der Waals surface area contributed by atoms with Crippen molar-refractivity contribution in [3.05, 3.63) is 54.9 Å². The van der Waals surface area contributed by atoms with Crippen LogP contribution in [0.5, 0.6) is 0 Å². The fraction of sp³-hybridized carbons (Fsp3) is 0.188. The topological polar surface area (TPSA) is 127 Å². The number of benzene rings is 1. The Morgan fingerprint density at radius 1 is 1.33 bits per heavy atom. The lowest BCUT2D eigenvalue weighted by Crippen LogP contribution is -2.34. The summed E-state index contributed by atoms with van der Waals surface area (Å²) in [4.78, 5) is 35.4. The van der Waals surface area contributed by atoms with Gasteiger partial charge in [-0.25, -0.2) is 0 Å². The van der Waals surface area contributed by atoms with Crippen LogP contribution < -0.4 is 16.4 Å². The predicted molar refractivity (Wildman–Crippen MR) is 107 cm³/mol. The first-order valence-electron chi connectivity index (χ1n) is 7.78. The summed E-state index contributed by atoms with van der Waals surface area (Å²) in [6.45, 7) is 0. The fourth-order valence-corrected chi connectivity index (χ4v) is 4.60. The third kappa shape index (κ3) is 3.92. The number of carbonyl (C=O) groups is 2. The number of nitrogens with zero attached hydrogens (tertiary/aromatic N) is 1. The van der Waals surface area contributed by atoms with Gasteiger partial charge in [-0.3, -0.25) is 25.0 Å². The Kier molecular flexibility index (Phi) is 5.40. The van der Waals surface area contributed by atoms with Crippen LogP contribution in [0.1, 0.15) is 37.6 Å². The average Bonchev–Trinajstić information content (AvgIpc) is 3.14. The highest BCUT2D eigenvalue weighted by atomic mass is 35.5. The largest absolute Gasteiger partial charge is 0.365 e. The maximum atomic E-state index is 12.3. The molecule has 140 valence electrons. The number of primary amides is 1. The summed E-state index contributed by atoms with van der Waals surface area (Å²) >= 11 is 12.2. The molecule has 4 N–H and O–H groups in total.